The number of carboxylic acids is 1. The molecule has 0 aromatic carbocycles. The van der Waals surface area contributed by atoms with E-state index in [4.69, 9.17) is 14.2 Å². The predicted octanol–water partition coefficient (Wildman–Crippen LogP) is 8.46. The first-order valence-electron chi connectivity index (χ1n) is 19.2. The highest BCUT2D eigenvalue weighted by molar-refractivity contribution is 5.70. The van der Waals surface area contributed by atoms with Crippen LogP contribution in [0.5, 0.6) is 0 Å². The summed E-state index contributed by atoms with van der Waals surface area (Å²) in [6.45, 7) is 4.28. The Labute approximate surface area is 310 Å². The van der Waals surface area contributed by atoms with Crippen molar-refractivity contribution in [2.45, 2.75) is 129 Å². The number of allylic oxidation sites excluding steroid dienone is 14. The second-order valence-corrected chi connectivity index (χ2v) is 13.5. The van der Waals surface area contributed by atoms with Gasteiger partial charge in [-0.25, -0.2) is 0 Å². The van der Waals surface area contributed by atoms with E-state index in [0.717, 1.165) is 44.9 Å². The smallest absolute Gasteiger partial charge is 0.306 e. The Balaban J connectivity index is 4.56. The number of carbonyl (C=O) groups is 3. The molecule has 8 heteroatoms. The zero-order valence-electron chi connectivity index (χ0n) is 32.5. The second-order valence-electron chi connectivity index (χ2n) is 13.5. The van der Waals surface area contributed by atoms with Crippen LogP contribution in [-0.2, 0) is 28.6 Å². The standard InChI is InChI=1S/C43H69NO7/c1-6-8-10-12-14-16-18-20-22-23-25-27-29-31-33-41(45)50-38-39(37-49-36-35-40(43(47)48)44(3,4)5)51-42(46)34-32-30-28-26-24-21-19-17-15-13-11-9-7-2/h8-11,13-17,19,21,24,26,28,39-40H,6-7,12,18,20,22-23,25,27,29-38H2,1-5H3/b10-8+,11-9+,15-13+,16-14+,19-17+,24-21+,28-26+. The summed E-state index contributed by atoms with van der Waals surface area (Å²) >= 11 is 0. The highest BCUT2D eigenvalue weighted by Gasteiger charge is 2.25. The van der Waals surface area contributed by atoms with E-state index in [1.54, 1.807) is 21.1 Å². The van der Waals surface area contributed by atoms with Gasteiger partial charge in [0.2, 0.25) is 0 Å². The van der Waals surface area contributed by atoms with Crippen molar-refractivity contribution in [2.75, 3.05) is 41.0 Å². The molecule has 288 valence electrons. The number of ether oxygens (including phenoxy) is 3. The van der Waals surface area contributed by atoms with Gasteiger partial charge < -0.3 is 28.6 Å². The molecule has 2 unspecified atom stereocenters. The molecule has 0 aliphatic heterocycles. The van der Waals surface area contributed by atoms with Crippen LogP contribution in [0.2, 0.25) is 0 Å². The highest BCUT2D eigenvalue weighted by Crippen LogP contribution is 2.12. The molecule has 2 atom stereocenters. The Morgan fingerprint density at radius 1 is 0.608 bits per heavy atom. The molecule has 0 aliphatic rings. The molecule has 0 rings (SSSR count). The number of quaternary nitrogens is 1. The quantitative estimate of drug-likeness (QED) is 0.0227. The maximum absolute atomic E-state index is 12.6. The average molecular weight is 712 g/mol. The lowest BCUT2D eigenvalue weighted by molar-refractivity contribution is -0.889. The Kier molecular flexibility index (Phi) is 31.3. The van der Waals surface area contributed by atoms with Gasteiger partial charge in [0.15, 0.2) is 6.10 Å². The fraction of sp³-hybridized carbons (Fsp3) is 0.605. The van der Waals surface area contributed by atoms with E-state index in [-0.39, 0.29) is 43.1 Å². The van der Waals surface area contributed by atoms with Gasteiger partial charge in [-0.1, -0.05) is 131 Å². The number of carbonyl (C=O) groups excluding carboxylic acids is 3. The molecule has 0 saturated carbocycles. The van der Waals surface area contributed by atoms with Crippen molar-refractivity contribution in [2.24, 2.45) is 0 Å². The van der Waals surface area contributed by atoms with E-state index in [1.807, 2.05) is 54.7 Å². The van der Waals surface area contributed by atoms with Crippen LogP contribution in [0, 0.1) is 0 Å². The van der Waals surface area contributed by atoms with Gasteiger partial charge in [0.1, 0.15) is 12.6 Å². The summed E-state index contributed by atoms with van der Waals surface area (Å²) in [5.41, 5.74) is 0. The number of carboxylic acid groups (broad SMARTS) is 1. The summed E-state index contributed by atoms with van der Waals surface area (Å²) in [5, 5.41) is 11.6. The van der Waals surface area contributed by atoms with Crippen LogP contribution >= 0.6 is 0 Å². The molecule has 0 aliphatic carbocycles. The highest BCUT2D eigenvalue weighted by atomic mass is 16.6. The zero-order valence-corrected chi connectivity index (χ0v) is 32.5. The minimum absolute atomic E-state index is 0.00389. The lowest BCUT2D eigenvalue weighted by Gasteiger charge is -2.34. The number of nitrogens with zero attached hydrogens (tertiary/aromatic N) is 1. The summed E-state index contributed by atoms with van der Waals surface area (Å²) in [6, 6.07) is -0.743. The third-order valence-corrected chi connectivity index (χ3v) is 7.91. The van der Waals surface area contributed by atoms with Gasteiger partial charge in [0.05, 0.1) is 40.3 Å². The van der Waals surface area contributed by atoms with Crippen LogP contribution in [0.1, 0.15) is 117 Å². The lowest BCUT2D eigenvalue weighted by Crippen LogP contribution is -2.55. The first kappa shape index (κ1) is 47.5. The van der Waals surface area contributed by atoms with Gasteiger partial charge in [-0.3, -0.25) is 9.59 Å². The van der Waals surface area contributed by atoms with Crippen LogP contribution in [0.15, 0.2) is 85.1 Å². The van der Waals surface area contributed by atoms with Gasteiger partial charge in [0.25, 0.3) is 0 Å². The first-order chi connectivity index (χ1) is 24.6. The topological polar surface area (TPSA) is 102 Å². The monoisotopic (exact) mass is 712 g/mol. The van der Waals surface area contributed by atoms with Crippen molar-refractivity contribution in [3.63, 3.8) is 0 Å². The molecular weight excluding hydrogens is 642 g/mol. The van der Waals surface area contributed by atoms with Crippen LogP contribution < -0.4 is 5.11 Å². The molecular formula is C43H69NO7. The minimum Gasteiger partial charge on any atom is -0.544 e. The van der Waals surface area contributed by atoms with Crippen molar-refractivity contribution in [3.8, 4) is 0 Å². The van der Waals surface area contributed by atoms with Crippen molar-refractivity contribution in [1.82, 2.24) is 0 Å². The lowest BCUT2D eigenvalue weighted by atomic mass is 10.1. The number of likely N-dealkylation sites (N-methyl/N-ethyl adjacent to an activating group) is 1. The molecule has 0 fully saturated rings. The number of esters is 2. The normalized spacial score (nSPS) is 14.0. The third kappa shape index (κ3) is 32.2. The van der Waals surface area contributed by atoms with E-state index in [0.29, 0.717) is 19.3 Å². The molecule has 0 bridgehead atoms. The summed E-state index contributed by atoms with van der Waals surface area (Å²) in [5.74, 6) is -1.86. The maximum atomic E-state index is 12.6. The molecule has 0 radical (unpaired) electrons. The first-order valence-corrected chi connectivity index (χ1v) is 19.2. The van der Waals surface area contributed by atoms with Gasteiger partial charge in [-0.05, 0) is 51.4 Å². The average Bonchev–Trinajstić information content (AvgIpc) is 3.08. The summed E-state index contributed by atoms with van der Waals surface area (Å²) in [7, 11) is 5.35. The summed E-state index contributed by atoms with van der Waals surface area (Å²) in [4.78, 5) is 36.6. The molecule has 51 heavy (non-hydrogen) atoms. The van der Waals surface area contributed by atoms with Crippen LogP contribution in [0.25, 0.3) is 0 Å². The third-order valence-electron chi connectivity index (χ3n) is 7.91. The molecule has 0 saturated heterocycles. The Hall–Kier alpha value is -3.49. The number of hydrogen-bond donors (Lipinski definition) is 0. The van der Waals surface area contributed by atoms with Crippen LogP contribution in [0.3, 0.4) is 0 Å². The molecule has 0 heterocycles. The van der Waals surface area contributed by atoms with E-state index in [2.05, 4.69) is 44.2 Å². The molecule has 0 amide bonds. The Morgan fingerprint density at radius 2 is 1.16 bits per heavy atom. The van der Waals surface area contributed by atoms with E-state index in [1.165, 1.54) is 25.7 Å². The zero-order chi connectivity index (χ0) is 37.8. The Morgan fingerprint density at radius 3 is 1.78 bits per heavy atom. The van der Waals surface area contributed by atoms with Crippen molar-refractivity contribution in [3.05, 3.63) is 85.1 Å². The number of hydrogen-bond acceptors (Lipinski definition) is 7. The van der Waals surface area contributed by atoms with Crippen LogP contribution in [-0.4, -0.2) is 75.5 Å². The van der Waals surface area contributed by atoms with E-state index >= 15 is 0 Å². The summed E-state index contributed by atoms with van der Waals surface area (Å²) in [6.07, 6.45) is 41.9. The minimum atomic E-state index is -1.14. The molecule has 0 aromatic rings. The summed E-state index contributed by atoms with van der Waals surface area (Å²) < 4.78 is 17.0. The van der Waals surface area contributed by atoms with Crippen LogP contribution in [0.4, 0.5) is 0 Å². The molecule has 0 spiro atoms. The largest absolute Gasteiger partial charge is 0.544 e. The van der Waals surface area contributed by atoms with Crippen molar-refractivity contribution < 1.29 is 38.2 Å². The fourth-order valence-corrected chi connectivity index (χ4v) is 4.96. The number of unbranched alkanes of at least 4 members (excludes halogenated alkanes) is 8. The molecule has 0 N–H and O–H groups in total. The number of aliphatic carboxylic acids is 1. The van der Waals surface area contributed by atoms with Crippen molar-refractivity contribution >= 4 is 17.9 Å². The fourth-order valence-electron chi connectivity index (χ4n) is 4.96. The number of rotatable bonds is 32. The van der Waals surface area contributed by atoms with Gasteiger partial charge >= 0.3 is 11.9 Å². The SMILES string of the molecule is CC/C=C/C=C/C=C/C=C/C=C/CCCC(=O)OC(COCCC(C(=O)[O-])[N+](C)(C)C)COC(=O)CCCCCCCCC/C=C/C/C=C/CC. The van der Waals surface area contributed by atoms with Gasteiger partial charge in [-0.2, -0.15) is 0 Å². The van der Waals surface area contributed by atoms with E-state index < -0.39 is 24.1 Å². The van der Waals surface area contributed by atoms with E-state index in [9.17, 15) is 19.5 Å². The second kappa shape index (κ2) is 33.6. The van der Waals surface area contributed by atoms with Crippen molar-refractivity contribution in [1.29, 1.82) is 0 Å². The predicted molar refractivity (Wildman–Crippen MR) is 208 cm³/mol. The molecule has 8 nitrogen and oxygen atoms in total. The maximum Gasteiger partial charge on any atom is 0.306 e. The Bertz CT molecular complexity index is 1110. The van der Waals surface area contributed by atoms with Gasteiger partial charge in [-0.15, -0.1) is 0 Å². The molecule has 0 aromatic heterocycles. The van der Waals surface area contributed by atoms with Gasteiger partial charge in [0, 0.05) is 19.3 Å².